The number of pyridine rings is 1. The lowest BCUT2D eigenvalue weighted by Crippen LogP contribution is -2.35. The summed E-state index contributed by atoms with van der Waals surface area (Å²) in [6.45, 7) is 2.98. The number of aliphatic hydroxyl groups excluding tert-OH is 1. The molecular weight excluding hydrogens is 320 g/mol. The maximum Gasteiger partial charge on any atom is 0.235 e. The summed E-state index contributed by atoms with van der Waals surface area (Å²) >= 11 is 7.51. The summed E-state index contributed by atoms with van der Waals surface area (Å²) < 4.78 is 0. The summed E-state index contributed by atoms with van der Waals surface area (Å²) in [5.74, 6) is 0.0699. The Kier molecular flexibility index (Phi) is 4.57. The maximum absolute atomic E-state index is 12.4. The van der Waals surface area contributed by atoms with Crippen molar-refractivity contribution in [2.45, 2.75) is 29.6 Å². The number of carbonyl (C=O) groups excluding carboxylic acids is 1. The van der Waals surface area contributed by atoms with E-state index in [0.717, 1.165) is 15.8 Å². The van der Waals surface area contributed by atoms with Crippen LogP contribution in [0.25, 0.3) is 10.9 Å². The highest BCUT2D eigenvalue weighted by Crippen LogP contribution is 2.32. The number of aliphatic hydroxyl groups is 1. The average molecular weight is 337 g/mol. The zero-order chi connectivity index (χ0) is 15.7. The Morgan fingerprint density at radius 2 is 2.32 bits per heavy atom. The van der Waals surface area contributed by atoms with Gasteiger partial charge in [0.15, 0.2) is 0 Å². The van der Waals surface area contributed by atoms with E-state index in [1.807, 2.05) is 31.2 Å². The van der Waals surface area contributed by atoms with Gasteiger partial charge in [-0.25, -0.2) is 0 Å². The Balaban J connectivity index is 1.79. The molecule has 1 aliphatic rings. The van der Waals surface area contributed by atoms with Crippen molar-refractivity contribution in [2.24, 2.45) is 0 Å². The molecule has 1 aromatic carbocycles. The first kappa shape index (κ1) is 15.6. The van der Waals surface area contributed by atoms with Gasteiger partial charge in [-0.1, -0.05) is 17.7 Å². The Morgan fingerprint density at radius 3 is 3.05 bits per heavy atom. The zero-order valence-electron chi connectivity index (χ0n) is 12.2. The highest BCUT2D eigenvalue weighted by atomic mass is 35.5. The van der Waals surface area contributed by atoms with Crippen LogP contribution in [0.2, 0.25) is 5.02 Å². The zero-order valence-corrected chi connectivity index (χ0v) is 13.8. The quantitative estimate of drug-likeness (QED) is 0.875. The topological polar surface area (TPSA) is 53.4 Å². The van der Waals surface area contributed by atoms with Gasteiger partial charge in [-0.05, 0) is 31.5 Å². The van der Waals surface area contributed by atoms with E-state index in [4.69, 9.17) is 11.6 Å². The Bertz CT molecular complexity index is 710. The van der Waals surface area contributed by atoms with Gasteiger partial charge in [-0.2, -0.15) is 0 Å². The molecule has 2 aromatic rings. The lowest BCUT2D eigenvalue weighted by atomic mass is 10.2. The number of halogens is 1. The SMILES string of the molecule is CC(Sc1ccnc2cc(Cl)ccc12)C(=O)N1CC[C@H](O)C1. The predicted octanol–water partition coefficient (Wildman–Crippen LogP) is 2.96. The lowest BCUT2D eigenvalue weighted by molar-refractivity contribution is -0.129. The van der Waals surface area contributed by atoms with Gasteiger partial charge in [-0.15, -0.1) is 11.8 Å². The van der Waals surface area contributed by atoms with E-state index in [1.54, 1.807) is 11.1 Å². The molecule has 1 N–H and O–H groups in total. The van der Waals surface area contributed by atoms with E-state index in [2.05, 4.69) is 4.98 Å². The van der Waals surface area contributed by atoms with Crippen LogP contribution in [0.15, 0.2) is 35.4 Å². The number of β-amino-alcohol motifs (C(OH)–C–C–N with tert-alkyl or cyclic N) is 1. The Hall–Kier alpha value is -1.30. The molecular formula is C16H17ClN2O2S. The highest BCUT2D eigenvalue weighted by molar-refractivity contribution is 8.00. The fourth-order valence-corrected chi connectivity index (χ4v) is 3.87. The van der Waals surface area contributed by atoms with Crippen molar-refractivity contribution in [3.8, 4) is 0 Å². The van der Waals surface area contributed by atoms with Gasteiger partial charge in [0.1, 0.15) is 0 Å². The molecule has 1 aromatic heterocycles. The first-order valence-corrected chi connectivity index (χ1v) is 8.48. The Morgan fingerprint density at radius 1 is 1.50 bits per heavy atom. The van der Waals surface area contributed by atoms with E-state index >= 15 is 0 Å². The van der Waals surface area contributed by atoms with Crippen LogP contribution < -0.4 is 0 Å². The number of fused-ring (bicyclic) bond motifs is 1. The number of likely N-dealkylation sites (tertiary alicyclic amines) is 1. The number of hydrogen-bond acceptors (Lipinski definition) is 4. The minimum Gasteiger partial charge on any atom is -0.391 e. The number of aromatic nitrogens is 1. The van der Waals surface area contributed by atoms with E-state index in [0.29, 0.717) is 24.5 Å². The molecule has 22 heavy (non-hydrogen) atoms. The standard InChI is InChI=1S/C16H17ClN2O2S/c1-10(16(21)19-7-5-12(20)9-19)22-15-4-6-18-14-8-11(17)2-3-13(14)15/h2-4,6,8,10,12,20H,5,7,9H2,1H3/t10?,12-/m0/s1. The summed E-state index contributed by atoms with van der Waals surface area (Å²) in [4.78, 5) is 19.5. The number of carbonyl (C=O) groups is 1. The van der Waals surface area contributed by atoms with Crippen LogP contribution in [0.5, 0.6) is 0 Å². The number of nitrogens with zero attached hydrogens (tertiary/aromatic N) is 2. The van der Waals surface area contributed by atoms with Crippen LogP contribution in [0.1, 0.15) is 13.3 Å². The van der Waals surface area contributed by atoms with Crippen LogP contribution in [0, 0.1) is 0 Å². The second-order valence-electron chi connectivity index (χ2n) is 5.46. The van der Waals surface area contributed by atoms with Crippen LogP contribution in [0.4, 0.5) is 0 Å². The van der Waals surface area contributed by atoms with Gasteiger partial charge in [-0.3, -0.25) is 9.78 Å². The van der Waals surface area contributed by atoms with Crippen molar-refractivity contribution in [1.82, 2.24) is 9.88 Å². The van der Waals surface area contributed by atoms with E-state index in [1.165, 1.54) is 11.8 Å². The monoisotopic (exact) mass is 336 g/mol. The molecule has 0 radical (unpaired) electrons. The minimum atomic E-state index is -0.384. The third-order valence-corrected chi connectivity index (χ3v) is 5.19. The van der Waals surface area contributed by atoms with Crippen molar-refractivity contribution >= 4 is 40.2 Å². The fourth-order valence-electron chi connectivity index (χ4n) is 2.64. The number of amides is 1. The minimum absolute atomic E-state index is 0.0699. The molecule has 1 saturated heterocycles. The summed E-state index contributed by atoms with van der Waals surface area (Å²) in [6.07, 6.45) is 2.02. The van der Waals surface area contributed by atoms with E-state index in [9.17, 15) is 9.90 Å². The third kappa shape index (κ3) is 3.21. The molecule has 0 aliphatic carbocycles. The van der Waals surface area contributed by atoms with Crippen molar-refractivity contribution in [3.63, 3.8) is 0 Å². The van der Waals surface area contributed by atoms with E-state index in [-0.39, 0.29) is 17.3 Å². The van der Waals surface area contributed by atoms with Gasteiger partial charge in [0.2, 0.25) is 5.91 Å². The molecule has 1 aliphatic heterocycles. The highest BCUT2D eigenvalue weighted by Gasteiger charge is 2.28. The van der Waals surface area contributed by atoms with Gasteiger partial charge < -0.3 is 10.0 Å². The predicted molar refractivity (Wildman–Crippen MR) is 89.3 cm³/mol. The molecule has 3 rings (SSSR count). The summed E-state index contributed by atoms with van der Waals surface area (Å²) in [5, 5.41) is 11.0. The second kappa shape index (κ2) is 6.44. The molecule has 2 heterocycles. The van der Waals surface area contributed by atoms with Crippen LogP contribution in [0.3, 0.4) is 0 Å². The first-order valence-electron chi connectivity index (χ1n) is 7.22. The summed E-state index contributed by atoms with van der Waals surface area (Å²) in [7, 11) is 0. The Labute approximate surface area is 138 Å². The average Bonchev–Trinajstić information content (AvgIpc) is 2.93. The van der Waals surface area contributed by atoms with Gasteiger partial charge >= 0.3 is 0 Å². The molecule has 0 saturated carbocycles. The van der Waals surface area contributed by atoms with Crippen molar-refractivity contribution in [3.05, 3.63) is 35.5 Å². The molecule has 6 heteroatoms. The van der Waals surface area contributed by atoms with E-state index < -0.39 is 0 Å². The molecule has 1 unspecified atom stereocenters. The largest absolute Gasteiger partial charge is 0.391 e. The summed E-state index contributed by atoms with van der Waals surface area (Å²) in [5.41, 5.74) is 0.828. The number of benzene rings is 1. The van der Waals surface area contributed by atoms with Gasteiger partial charge in [0, 0.05) is 34.6 Å². The fraction of sp³-hybridized carbons (Fsp3) is 0.375. The molecule has 1 amide bonds. The van der Waals surface area contributed by atoms with Crippen molar-refractivity contribution < 1.29 is 9.90 Å². The molecule has 1 fully saturated rings. The van der Waals surface area contributed by atoms with Crippen LogP contribution in [-0.2, 0) is 4.79 Å². The normalized spacial score (nSPS) is 19.6. The van der Waals surface area contributed by atoms with Crippen molar-refractivity contribution in [2.75, 3.05) is 13.1 Å². The third-order valence-electron chi connectivity index (χ3n) is 3.79. The first-order chi connectivity index (χ1) is 10.5. The number of hydrogen-bond donors (Lipinski definition) is 1. The van der Waals surface area contributed by atoms with Gasteiger partial charge in [0.05, 0.1) is 16.9 Å². The molecule has 4 nitrogen and oxygen atoms in total. The van der Waals surface area contributed by atoms with Crippen LogP contribution in [-0.4, -0.2) is 45.3 Å². The molecule has 0 bridgehead atoms. The van der Waals surface area contributed by atoms with Gasteiger partial charge in [0.25, 0.3) is 0 Å². The second-order valence-corrected chi connectivity index (χ2v) is 7.28. The smallest absolute Gasteiger partial charge is 0.235 e. The number of thioether (sulfide) groups is 1. The molecule has 0 spiro atoms. The van der Waals surface area contributed by atoms with Crippen molar-refractivity contribution in [1.29, 1.82) is 0 Å². The number of rotatable bonds is 3. The molecule has 116 valence electrons. The maximum atomic E-state index is 12.4. The molecule has 2 atom stereocenters. The lowest BCUT2D eigenvalue weighted by Gasteiger charge is -2.20. The summed E-state index contributed by atoms with van der Waals surface area (Å²) in [6, 6.07) is 7.51. The van der Waals surface area contributed by atoms with Crippen LogP contribution >= 0.6 is 23.4 Å².